The molecule has 0 bridgehead atoms. The summed E-state index contributed by atoms with van der Waals surface area (Å²) in [4.78, 5) is 12.6. The molecule has 1 aromatic heterocycles. The third-order valence-electron chi connectivity index (χ3n) is 2.30. The van der Waals surface area contributed by atoms with Gasteiger partial charge < -0.3 is 0 Å². The van der Waals surface area contributed by atoms with Gasteiger partial charge in [-0.05, 0) is 36.2 Å². The Morgan fingerprint density at radius 2 is 2.00 bits per heavy atom. The molecule has 0 aliphatic heterocycles. The fourth-order valence-electron chi connectivity index (χ4n) is 1.43. The summed E-state index contributed by atoms with van der Waals surface area (Å²) in [6, 6.07) is 5.18. The molecule has 0 spiro atoms. The Bertz CT molecular complexity index is 548. The standard InChI is InChI=1S/C11H8Cl2N2OS/c1-6-11(17-15-14-6)10(16)5-7-8(12)3-2-4-9(7)13/h2-4H,5H2,1H3. The van der Waals surface area contributed by atoms with Crippen molar-refractivity contribution < 1.29 is 4.79 Å². The zero-order valence-electron chi connectivity index (χ0n) is 8.91. The molecule has 0 atom stereocenters. The number of hydrogen-bond acceptors (Lipinski definition) is 4. The molecular weight excluding hydrogens is 279 g/mol. The lowest BCUT2D eigenvalue weighted by Gasteiger charge is -2.04. The van der Waals surface area contributed by atoms with E-state index in [1.165, 1.54) is 0 Å². The van der Waals surface area contributed by atoms with Gasteiger partial charge in [-0.25, -0.2) is 0 Å². The summed E-state index contributed by atoms with van der Waals surface area (Å²) in [6.45, 7) is 1.75. The molecule has 17 heavy (non-hydrogen) atoms. The molecule has 0 radical (unpaired) electrons. The summed E-state index contributed by atoms with van der Waals surface area (Å²) in [5.74, 6) is -0.0625. The molecule has 0 saturated heterocycles. The van der Waals surface area contributed by atoms with Crippen LogP contribution in [0.2, 0.25) is 10.0 Å². The van der Waals surface area contributed by atoms with Crippen LogP contribution >= 0.6 is 34.7 Å². The minimum Gasteiger partial charge on any atom is -0.293 e. The normalized spacial score (nSPS) is 10.5. The van der Waals surface area contributed by atoms with Crippen molar-refractivity contribution in [3.8, 4) is 0 Å². The number of nitrogens with zero attached hydrogens (tertiary/aromatic N) is 2. The van der Waals surface area contributed by atoms with Crippen LogP contribution in [0.5, 0.6) is 0 Å². The van der Waals surface area contributed by atoms with Crippen molar-refractivity contribution in [3.63, 3.8) is 0 Å². The summed E-state index contributed by atoms with van der Waals surface area (Å²) < 4.78 is 3.73. The smallest absolute Gasteiger partial charge is 0.180 e. The fraction of sp³-hybridized carbons (Fsp3) is 0.182. The number of ketones is 1. The Hall–Kier alpha value is -0.970. The third kappa shape index (κ3) is 2.65. The first-order chi connectivity index (χ1) is 8.09. The summed E-state index contributed by atoms with van der Waals surface area (Å²) in [5.41, 5.74) is 1.29. The maximum atomic E-state index is 12.0. The summed E-state index contributed by atoms with van der Waals surface area (Å²) in [7, 11) is 0. The van der Waals surface area contributed by atoms with Gasteiger partial charge in [0.15, 0.2) is 5.78 Å². The Balaban J connectivity index is 2.28. The van der Waals surface area contributed by atoms with Gasteiger partial charge in [-0.3, -0.25) is 4.79 Å². The van der Waals surface area contributed by atoms with Crippen molar-refractivity contribution in [1.29, 1.82) is 0 Å². The van der Waals surface area contributed by atoms with E-state index in [4.69, 9.17) is 23.2 Å². The molecule has 6 heteroatoms. The lowest BCUT2D eigenvalue weighted by atomic mass is 10.1. The van der Waals surface area contributed by atoms with Crippen molar-refractivity contribution >= 4 is 40.5 Å². The maximum absolute atomic E-state index is 12.0. The second-order valence-corrected chi connectivity index (χ2v) is 5.06. The van der Waals surface area contributed by atoms with Gasteiger partial charge >= 0.3 is 0 Å². The Labute approximate surface area is 113 Å². The van der Waals surface area contributed by atoms with Crippen LogP contribution < -0.4 is 0 Å². The number of aryl methyl sites for hydroxylation is 1. The van der Waals surface area contributed by atoms with Gasteiger partial charge in [-0.2, -0.15) is 0 Å². The van der Waals surface area contributed by atoms with Crippen molar-refractivity contribution in [1.82, 2.24) is 9.59 Å². The van der Waals surface area contributed by atoms with Gasteiger partial charge in [0, 0.05) is 16.5 Å². The number of benzene rings is 1. The van der Waals surface area contributed by atoms with Crippen LogP contribution in [0.25, 0.3) is 0 Å². The second-order valence-electron chi connectivity index (χ2n) is 3.49. The van der Waals surface area contributed by atoms with E-state index in [1.807, 2.05) is 0 Å². The molecule has 0 amide bonds. The predicted octanol–water partition coefficient (Wildman–Crippen LogP) is 3.58. The summed E-state index contributed by atoms with van der Waals surface area (Å²) in [6.07, 6.45) is 0.170. The largest absolute Gasteiger partial charge is 0.293 e. The highest BCUT2D eigenvalue weighted by atomic mass is 35.5. The molecule has 2 rings (SSSR count). The molecule has 0 unspecified atom stereocenters. The van der Waals surface area contributed by atoms with Gasteiger partial charge in [0.2, 0.25) is 0 Å². The molecule has 0 aliphatic rings. The third-order valence-corrected chi connectivity index (χ3v) is 3.88. The van der Waals surface area contributed by atoms with Gasteiger partial charge in [0.25, 0.3) is 0 Å². The molecule has 0 N–H and O–H groups in total. The second kappa shape index (κ2) is 5.12. The van der Waals surface area contributed by atoms with Gasteiger partial charge in [0.1, 0.15) is 4.88 Å². The Morgan fingerprint density at radius 3 is 2.53 bits per heavy atom. The summed E-state index contributed by atoms with van der Waals surface area (Å²) in [5, 5.41) is 4.81. The van der Waals surface area contributed by atoms with Crippen LogP contribution in [0.3, 0.4) is 0 Å². The highest BCUT2D eigenvalue weighted by Crippen LogP contribution is 2.26. The molecule has 2 aromatic rings. The molecule has 3 nitrogen and oxygen atoms in total. The van der Waals surface area contributed by atoms with E-state index < -0.39 is 0 Å². The first-order valence-electron chi connectivity index (χ1n) is 4.84. The zero-order valence-corrected chi connectivity index (χ0v) is 11.2. The number of hydrogen-bond donors (Lipinski definition) is 0. The molecule has 1 aromatic carbocycles. The van der Waals surface area contributed by atoms with Crippen molar-refractivity contribution in [3.05, 3.63) is 44.4 Å². The van der Waals surface area contributed by atoms with E-state index in [0.717, 1.165) is 11.5 Å². The number of Topliss-reactive ketones (excluding diaryl/α,β-unsaturated/α-hetero) is 1. The minimum absolute atomic E-state index is 0.0625. The van der Waals surface area contributed by atoms with Crippen molar-refractivity contribution in [2.45, 2.75) is 13.3 Å². The Kier molecular flexibility index (Phi) is 3.76. The maximum Gasteiger partial charge on any atom is 0.180 e. The van der Waals surface area contributed by atoms with Crippen LogP contribution in [0.4, 0.5) is 0 Å². The topological polar surface area (TPSA) is 42.9 Å². The fourth-order valence-corrected chi connectivity index (χ4v) is 2.55. The van der Waals surface area contributed by atoms with Crippen molar-refractivity contribution in [2.75, 3.05) is 0 Å². The van der Waals surface area contributed by atoms with Crippen LogP contribution in [-0.4, -0.2) is 15.4 Å². The van der Waals surface area contributed by atoms with Gasteiger partial charge in [-0.1, -0.05) is 33.8 Å². The number of rotatable bonds is 3. The van der Waals surface area contributed by atoms with E-state index in [-0.39, 0.29) is 12.2 Å². The molecular formula is C11H8Cl2N2OS. The quantitative estimate of drug-likeness (QED) is 0.810. The lowest BCUT2D eigenvalue weighted by Crippen LogP contribution is -2.04. The van der Waals surface area contributed by atoms with Crippen molar-refractivity contribution in [2.24, 2.45) is 0 Å². The lowest BCUT2D eigenvalue weighted by molar-refractivity contribution is 0.0996. The van der Waals surface area contributed by atoms with E-state index in [9.17, 15) is 4.79 Å². The molecule has 0 aliphatic carbocycles. The SMILES string of the molecule is Cc1nnsc1C(=O)Cc1c(Cl)cccc1Cl. The first kappa shape index (κ1) is 12.5. The van der Waals surface area contributed by atoms with Crippen LogP contribution in [0.15, 0.2) is 18.2 Å². The zero-order chi connectivity index (χ0) is 12.4. The van der Waals surface area contributed by atoms with Crippen LogP contribution in [0, 0.1) is 6.92 Å². The van der Waals surface area contributed by atoms with Crippen LogP contribution in [-0.2, 0) is 6.42 Å². The minimum atomic E-state index is -0.0625. The van der Waals surface area contributed by atoms with E-state index in [0.29, 0.717) is 26.2 Å². The molecule has 1 heterocycles. The summed E-state index contributed by atoms with van der Waals surface area (Å²) >= 11 is 13.1. The van der Waals surface area contributed by atoms with Crippen LogP contribution in [0.1, 0.15) is 20.9 Å². The highest BCUT2D eigenvalue weighted by molar-refractivity contribution is 7.08. The number of carbonyl (C=O) groups is 1. The van der Waals surface area contributed by atoms with E-state index in [1.54, 1.807) is 25.1 Å². The number of halogens is 2. The van der Waals surface area contributed by atoms with E-state index >= 15 is 0 Å². The average Bonchev–Trinajstić information content (AvgIpc) is 2.70. The predicted molar refractivity (Wildman–Crippen MR) is 69.1 cm³/mol. The molecule has 88 valence electrons. The van der Waals surface area contributed by atoms with Gasteiger partial charge in [0.05, 0.1) is 5.69 Å². The molecule has 0 saturated carbocycles. The van der Waals surface area contributed by atoms with E-state index in [2.05, 4.69) is 9.59 Å². The number of carbonyl (C=O) groups excluding carboxylic acids is 1. The average molecular weight is 287 g/mol. The molecule has 0 fully saturated rings. The monoisotopic (exact) mass is 286 g/mol. The Morgan fingerprint density at radius 1 is 1.35 bits per heavy atom. The van der Waals surface area contributed by atoms with Gasteiger partial charge in [-0.15, -0.1) is 5.10 Å². The number of aromatic nitrogens is 2. The highest BCUT2D eigenvalue weighted by Gasteiger charge is 2.16. The first-order valence-corrected chi connectivity index (χ1v) is 6.37.